The van der Waals surface area contributed by atoms with Crippen molar-refractivity contribution in [3.05, 3.63) is 29.3 Å². The molecule has 2 unspecified atom stereocenters. The van der Waals surface area contributed by atoms with Crippen LogP contribution < -0.4 is 10.5 Å². The number of ether oxygens (including phenoxy) is 1. The highest BCUT2D eigenvalue weighted by molar-refractivity contribution is 6.30. The number of hydrogen-bond donors (Lipinski definition) is 1. The first-order valence-corrected chi connectivity index (χ1v) is 6.35. The molecule has 3 nitrogen and oxygen atoms in total. The van der Waals surface area contributed by atoms with Crippen LogP contribution in [0.1, 0.15) is 6.42 Å². The molecule has 4 heteroatoms. The SMILES string of the molecule is CN1CCC(C(N)COc2ccc(Cl)cc2)C1. The van der Waals surface area contributed by atoms with Crippen LogP contribution in [0.2, 0.25) is 5.02 Å². The first-order chi connectivity index (χ1) is 8.15. The van der Waals surface area contributed by atoms with Crippen LogP contribution in [-0.2, 0) is 0 Å². The minimum atomic E-state index is 0.107. The minimum Gasteiger partial charge on any atom is -0.492 e. The van der Waals surface area contributed by atoms with Gasteiger partial charge in [0.25, 0.3) is 0 Å². The molecule has 2 N–H and O–H groups in total. The smallest absolute Gasteiger partial charge is 0.119 e. The van der Waals surface area contributed by atoms with E-state index in [1.807, 2.05) is 24.3 Å². The van der Waals surface area contributed by atoms with Gasteiger partial charge in [0.05, 0.1) is 0 Å². The van der Waals surface area contributed by atoms with Crippen LogP contribution in [0, 0.1) is 5.92 Å². The predicted molar refractivity (Wildman–Crippen MR) is 70.5 cm³/mol. The van der Waals surface area contributed by atoms with Crippen molar-refractivity contribution in [3.8, 4) is 5.75 Å². The van der Waals surface area contributed by atoms with E-state index in [9.17, 15) is 0 Å². The van der Waals surface area contributed by atoms with Crippen molar-refractivity contribution < 1.29 is 4.74 Å². The zero-order chi connectivity index (χ0) is 12.3. The normalized spacial score (nSPS) is 22.6. The highest BCUT2D eigenvalue weighted by Gasteiger charge is 2.25. The maximum atomic E-state index is 6.14. The number of rotatable bonds is 4. The Balaban J connectivity index is 1.79. The van der Waals surface area contributed by atoms with Crippen molar-refractivity contribution in [2.45, 2.75) is 12.5 Å². The third kappa shape index (κ3) is 3.60. The van der Waals surface area contributed by atoms with Crippen molar-refractivity contribution in [2.75, 3.05) is 26.7 Å². The topological polar surface area (TPSA) is 38.5 Å². The summed E-state index contributed by atoms with van der Waals surface area (Å²) < 4.78 is 5.67. The molecular formula is C13H19ClN2O. The molecule has 0 aliphatic carbocycles. The monoisotopic (exact) mass is 254 g/mol. The molecular weight excluding hydrogens is 236 g/mol. The summed E-state index contributed by atoms with van der Waals surface area (Å²) >= 11 is 5.81. The number of hydrogen-bond acceptors (Lipinski definition) is 3. The molecule has 17 heavy (non-hydrogen) atoms. The molecule has 0 radical (unpaired) electrons. The second kappa shape index (κ2) is 5.71. The highest BCUT2D eigenvalue weighted by Crippen LogP contribution is 2.19. The molecule has 1 aromatic rings. The van der Waals surface area contributed by atoms with E-state index in [4.69, 9.17) is 22.1 Å². The third-order valence-corrected chi connectivity index (χ3v) is 3.54. The van der Waals surface area contributed by atoms with Gasteiger partial charge in [0.15, 0.2) is 0 Å². The van der Waals surface area contributed by atoms with Crippen molar-refractivity contribution in [1.29, 1.82) is 0 Å². The lowest BCUT2D eigenvalue weighted by Gasteiger charge is -2.19. The van der Waals surface area contributed by atoms with Gasteiger partial charge in [0.1, 0.15) is 12.4 Å². The second-order valence-electron chi connectivity index (χ2n) is 4.74. The van der Waals surface area contributed by atoms with Crippen LogP contribution in [0.5, 0.6) is 5.75 Å². The van der Waals surface area contributed by atoms with E-state index < -0.39 is 0 Å². The van der Waals surface area contributed by atoms with E-state index in [1.54, 1.807) is 0 Å². The molecule has 0 spiro atoms. The van der Waals surface area contributed by atoms with Gasteiger partial charge in [-0.05, 0) is 50.2 Å². The summed E-state index contributed by atoms with van der Waals surface area (Å²) in [5.74, 6) is 1.38. The Hall–Kier alpha value is -0.770. The average molecular weight is 255 g/mol. The fourth-order valence-corrected chi connectivity index (χ4v) is 2.30. The van der Waals surface area contributed by atoms with Crippen LogP contribution >= 0.6 is 11.6 Å². The standard InChI is InChI=1S/C13H19ClN2O/c1-16-7-6-10(8-16)13(15)9-17-12-4-2-11(14)3-5-12/h2-5,10,13H,6-9,15H2,1H3. The number of likely N-dealkylation sites (tertiary alicyclic amines) is 1. The molecule has 0 bridgehead atoms. The predicted octanol–water partition coefficient (Wildman–Crippen LogP) is 2.00. The Morgan fingerprint density at radius 2 is 2.18 bits per heavy atom. The van der Waals surface area contributed by atoms with Crippen molar-refractivity contribution >= 4 is 11.6 Å². The quantitative estimate of drug-likeness (QED) is 0.893. The lowest BCUT2D eigenvalue weighted by molar-refractivity contribution is 0.245. The molecule has 1 heterocycles. The summed E-state index contributed by atoms with van der Waals surface area (Å²) in [6, 6.07) is 7.50. The van der Waals surface area contributed by atoms with Crippen LogP contribution in [0.3, 0.4) is 0 Å². The van der Waals surface area contributed by atoms with Gasteiger partial charge >= 0.3 is 0 Å². The van der Waals surface area contributed by atoms with E-state index >= 15 is 0 Å². The van der Waals surface area contributed by atoms with Crippen LogP contribution in [-0.4, -0.2) is 37.7 Å². The molecule has 94 valence electrons. The number of nitrogens with two attached hydrogens (primary N) is 1. The zero-order valence-electron chi connectivity index (χ0n) is 10.1. The molecule has 1 aromatic carbocycles. The summed E-state index contributed by atoms with van der Waals surface area (Å²) in [5, 5.41) is 0.721. The first-order valence-electron chi connectivity index (χ1n) is 5.97. The van der Waals surface area contributed by atoms with Gasteiger partial charge < -0.3 is 15.4 Å². The Kier molecular flexibility index (Phi) is 4.26. The molecule has 1 aliphatic heterocycles. The maximum Gasteiger partial charge on any atom is 0.119 e. The summed E-state index contributed by atoms with van der Waals surface area (Å²) in [5.41, 5.74) is 6.14. The Labute approximate surface area is 107 Å². The average Bonchev–Trinajstić information content (AvgIpc) is 2.75. The highest BCUT2D eigenvalue weighted by atomic mass is 35.5. The molecule has 1 saturated heterocycles. The van der Waals surface area contributed by atoms with E-state index in [2.05, 4.69) is 11.9 Å². The van der Waals surface area contributed by atoms with E-state index in [0.717, 1.165) is 23.9 Å². The fraction of sp³-hybridized carbons (Fsp3) is 0.538. The lowest BCUT2D eigenvalue weighted by atomic mass is 10.0. The molecule has 1 fully saturated rings. The van der Waals surface area contributed by atoms with E-state index in [0.29, 0.717) is 12.5 Å². The second-order valence-corrected chi connectivity index (χ2v) is 5.18. The molecule has 0 amide bonds. The van der Waals surface area contributed by atoms with Crippen molar-refractivity contribution in [3.63, 3.8) is 0 Å². The maximum absolute atomic E-state index is 6.14. The van der Waals surface area contributed by atoms with Crippen LogP contribution in [0.4, 0.5) is 0 Å². The first kappa shape index (κ1) is 12.7. The molecule has 0 saturated carbocycles. The number of halogens is 1. The number of benzene rings is 1. The summed E-state index contributed by atoms with van der Waals surface area (Å²) in [6.07, 6.45) is 1.17. The fourth-order valence-electron chi connectivity index (χ4n) is 2.18. The molecule has 2 rings (SSSR count). The lowest BCUT2D eigenvalue weighted by Crippen LogP contribution is -2.37. The van der Waals surface area contributed by atoms with Gasteiger partial charge in [-0.15, -0.1) is 0 Å². The number of nitrogens with zero attached hydrogens (tertiary/aromatic N) is 1. The van der Waals surface area contributed by atoms with Crippen LogP contribution in [0.15, 0.2) is 24.3 Å². The summed E-state index contributed by atoms with van der Waals surface area (Å²) in [6.45, 7) is 2.78. The van der Waals surface area contributed by atoms with E-state index in [1.165, 1.54) is 6.42 Å². The van der Waals surface area contributed by atoms with Gasteiger partial charge in [0.2, 0.25) is 0 Å². The van der Waals surface area contributed by atoms with Crippen LogP contribution in [0.25, 0.3) is 0 Å². The minimum absolute atomic E-state index is 0.107. The molecule has 2 atom stereocenters. The van der Waals surface area contributed by atoms with Gasteiger partial charge in [-0.3, -0.25) is 0 Å². The van der Waals surface area contributed by atoms with Gasteiger partial charge in [-0.2, -0.15) is 0 Å². The Morgan fingerprint density at radius 1 is 1.47 bits per heavy atom. The van der Waals surface area contributed by atoms with Gasteiger partial charge in [-0.25, -0.2) is 0 Å². The third-order valence-electron chi connectivity index (χ3n) is 3.29. The Bertz CT molecular complexity index is 355. The summed E-state index contributed by atoms with van der Waals surface area (Å²) in [4.78, 5) is 2.31. The zero-order valence-corrected chi connectivity index (χ0v) is 10.9. The van der Waals surface area contributed by atoms with Gasteiger partial charge in [0, 0.05) is 17.6 Å². The van der Waals surface area contributed by atoms with E-state index in [-0.39, 0.29) is 6.04 Å². The largest absolute Gasteiger partial charge is 0.492 e. The van der Waals surface area contributed by atoms with Crippen molar-refractivity contribution in [1.82, 2.24) is 4.90 Å². The van der Waals surface area contributed by atoms with Gasteiger partial charge in [-0.1, -0.05) is 11.6 Å². The Morgan fingerprint density at radius 3 is 2.76 bits per heavy atom. The molecule has 1 aliphatic rings. The summed E-state index contributed by atoms with van der Waals surface area (Å²) in [7, 11) is 2.13. The molecule has 0 aromatic heterocycles. The van der Waals surface area contributed by atoms with Crippen molar-refractivity contribution in [2.24, 2.45) is 11.7 Å².